The first kappa shape index (κ1) is 67.7. The number of Topliss-reactive ketones (excluding diaryl/α,β-unsaturated/α-hetero) is 1. The number of allylic oxidation sites excluding steroid dienone is 5. The van der Waals surface area contributed by atoms with Crippen molar-refractivity contribution in [2.75, 3.05) is 81.2 Å². The van der Waals surface area contributed by atoms with Gasteiger partial charge in [0.25, 0.3) is 11.7 Å². The van der Waals surface area contributed by atoms with Gasteiger partial charge >= 0.3 is 5.97 Å². The van der Waals surface area contributed by atoms with Crippen LogP contribution in [0, 0.1) is 47.9 Å². The molecule has 3 aliphatic heterocycles. The van der Waals surface area contributed by atoms with Crippen molar-refractivity contribution < 1.29 is 77.2 Å². The Kier molecular flexibility index (Phi) is 30.2. The Morgan fingerprint density at radius 1 is 0.797 bits per heavy atom. The number of oxime groups is 1. The largest absolute Gasteiger partial charge is 0.460 e. The summed E-state index contributed by atoms with van der Waals surface area (Å²) in [5.74, 6) is -3.91. The number of ketones is 1. The van der Waals surface area contributed by atoms with E-state index in [9.17, 15) is 29.7 Å². The topological polar surface area (TPSA) is 220 Å². The van der Waals surface area contributed by atoms with Crippen molar-refractivity contribution >= 4 is 23.4 Å². The van der Waals surface area contributed by atoms with Crippen molar-refractivity contribution in [2.45, 2.75) is 186 Å². The number of rotatable bonds is 18. The van der Waals surface area contributed by atoms with E-state index in [-0.39, 0.29) is 74.9 Å². The van der Waals surface area contributed by atoms with Gasteiger partial charge < -0.3 is 67.7 Å². The van der Waals surface area contributed by atoms with Crippen LogP contribution in [0.25, 0.3) is 0 Å². The Bertz CT molecular complexity index is 2050. The second kappa shape index (κ2) is 35.2. The standard InChI is InChI=1S/C61H98N2O16/c1-13-27-74-28-29-75-30-31-76-32-33-77-62-55-44(6)34-40(2)19-15-14-16-20-41(3)51(70-9)38-48-24-22-46(8)61(69,79-48)58(66)59(67)63-26-18-17-21-49(63)60(68)78-53(43(5)36-47-23-25-50(64)54(37-47)72-11)39-52(71-10)42(4)35-45(7)56(65)57(55)73-12/h1,14-16,19-20,35,40,42-44,46-54,56-57,64-65,69H,17-18,21-34,36-39H2,2-12H3/b16-14+,19-15+,41-20+,45-35+,62-55+/t40-,42-,43-,44-,46-,47+,48+,49+,50-,51+,52-,53+,54-,56-,57+,61-/m1/s1. The molecule has 16 atom stereocenters. The minimum atomic E-state index is -2.41. The molecule has 3 fully saturated rings. The number of fused-ring (bicyclic) bond motifs is 3. The fraction of sp³-hybridized carbons (Fsp3) is 0.770. The van der Waals surface area contributed by atoms with Gasteiger partial charge in [0.05, 0.1) is 69.3 Å². The average Bonchev–Trinajstić information content (AvgIpc) is 3.55. The minimum absolute atomic E-state index is 0.0715. The van der Waals surface area contributed by atoms with Crippen LogP contribution in [0.3, 0.4) is 0 Å². The van der Waals surface area contributed by atoms with E-state index in [2.05, 4.69) is 24.1 Å². The summed E-state index contributed by atoms with van der Waals surface area (Å²) in [5, 5.41) is 39.5. The SMILES string of the molecule is C#CCOCCOCCOCCO/N=C1\[C@H](C)C[C@H](C)/C=C/C=C/C=C(\C)[C@@H](OC)C[C@@H]2CC[C@@H](C)[C@@](O)(O2)C(=O)C(=O)N2CCCC[C@H]2C(=O)O[C@H]([C@H](C)C[C@@H]2CC[C@@H](O)[C@H](OC)C2)C[C@@H](OC)[C@H](C)/C=C(\C)[C@@H](O)[C@H]1OC. The third kappa shape index (κ3) is 20.8. The van der Waals surface area contributed by atoms with Gasteiger partial charge in [-0.05, 0) is 107 Å². The molecule has 3 heterocycles. The molecular weight excluding hydrogens is 1020 g/mol. The van der Waals surface area contributed by atoms with Gasteiger partial charge in [-0.15, -0.1) is 6.42 Å². The van der Waals surface area contributed by atoms with Crippen LogP contribution in [0.15, 0.2) is 52.8 Å². The number of hydrogen-bond acceptors (Lipinski definition) is 17. The number of piperidine rings is 1. The lowest BCUT2D eigenvalue weighted by Gasteiger charge is -2.43. The van der Waals surface area contributed by atoms with Gasteiger partial charge in [-0.3, -0.25) is 9.59 Å². The molecule has 2 bridgehead atoms. The van der Waals surface area contributed by atoms with Crippen LogP contribution < -0.4 is 0 Å². The molecule has 4 rings (SSSR count). The van der Waals surface area contributed by atoms with Crippen molar-refractivity contribution in [3.8, 4) is 12.3 Å². The smallest absolute Gasteiger partial charge is 0.329 e. The van der Waals surface area contributed by atoms with E-state index in [0.717, 1.165) is 12.0 Å². The number of terminal acetylenes is 1. The van der Waals surface area contributed by atoms with E-state index >= 15 is 0 Å². The fourth-order valence-corrected chi connectivity index (χ4v) is 11.5. The zero-order chi connectivity index (χ0) is 58.1. The van der Waals surface area contributed by atoms with Crippen LogP contribution in [-0.2, 0) is 61.9 Å². The summed E-state index contributed by atoms with van der Waals surface area (Å²) in [6.45, 7) is 15.9. The van der Waals surface area contributed by atoms with E-state index in [4.69, 9.17) is 53.9 Å². The highest BCUT2D eigenvalue weighted by atomic mass is 16.6. The van der Waals surface area contributed by atoms with Gasteiger partial charge in [0.15, 0.2) is 0 Å². The van der Waals surface area contributed by atoms with Gasteiger partial charge in [-0.1, -0.05) is 82.2 Å². The first-order chi connectivity index (χ1) is 37.8. The third-order valence-electron chi connectivity index (χ3n) is 16.4. The van der Waals surface area contributed by atoms with Crippen molar-refractivity contribution in [1.29, 1.82) is 0 Å². The van der Waals surface area contributed by atoms with E-state index < -0.39 is 78.1 Å². The predicted molar refractivity (Wildman–Crippen MR) is 301 cm³/mol. The second-order valence-corrected chi connectivity index (χ2v) is 22.4. The Morgan fingerprint density at radius 3 is 2.16 bits per heavy atom. The van der Waals surface area contributed by atoms with Crippen molar-refractivity contribution in [3.05, 3.63) is 47.6 Å². The number of amides is 1. The maximum atomic E-state index is 14.7. The summed E-state index contributed by atoms with van der Waals surface area (Å²) in [7, 11) is 6.34. The number of aliphatic hydroxyl groups excluding tert-OH is 2. The van der Waals surface area contributed by atoms with Gasteiger partial charge in [-0.2, -0.15) is 0 Å². The summed E-state index contributed by atoms with van der Waals surface area (Å²) in [5.41, 5.74) is 2.02. The van der Waals surface area contributed by atoms with Crippen molar-refractivity contribution in [3.63, 3.8) is 0 Å². The lowest BCUT2D eigenvalue weighted by Crippen LogP contribution is -2.61. The molecule has 0 aromatic heterocycles. The number of cyclic esters (lactones) is 1. The number of aliphatic hydroxyl groups is 3. The summed E-state index contributed by atoms with van der Waals surface area (Å²) in [6.07, 6.45) is 18.2. The third-order valence-corrected chi connectivity index (χ3v) is 16.4. The van der Waals surface area contributed by atoms with Crippen molar-refractivity contribution in [2.24, 2.45) is 40.7 Å². The van der Waals surface area contributed by atoms with Crippen molar-refractivity contribution in [1.82, 2.24) is 4.90 Å². The molecule has 0 unspecified atom stereocenters. The molecule has 1 saturated carbocycles. The summed E-state index contributed by atoms with van der Waals surface area (Å²) in [6, 6.07) is -1.08. The molecule has 18 heteroatoms. The monoisotopic (exact) mass is 1110 g/mol. The van der Waals surface area contributed by atoms with Gasteiger partial charge in [0.2, 0.25) is 5.79 Å². The zero-order valence-corrected chi connectivity index (χ0v) is 49.4. The second-order valence-electron chi connectivity index (χ2n) is 22.4. The molecule has 3 N–H and O–H groups in total. The molecule has 0 radical (unpaired) electrons. The highest BCUT2D eigenvalue weighted by molar-refractivity contribution is 6.39. The zero-order valence-electron chi connectivity index (χ0n) is 49.4. The van der Waals surface area contributed by atoms with Crippen LogP contribution in [0.4, 0.5) is 0 Å². The maximum absolute atomic E-state index is 14.7. The Labute approximate surface area is 471 Å². The number of carbonyl (C=O) groups is 3. The Hall–Kier alpha value is -3.84. The highest BCUT2D eigenvalue weighted by Gasteiger charge is 2.53. The van der Waals surface area contributed by atoms with Gasteiger partial charge in [0, 0.05) is 65.6 Å². The van der Waals surface area contributed by atoms with E-state index in [1.54, 1.807) is 28.3 Å². The molecule has 0 aromatic rings. The highest BCUT2D eigenvalue weighted by Crippen LogP contribution is 2.38. The lowest BCUT2D eigenvalue weighted by molar-refractivity contribution is -0.265. The minimum Gasteiger partial charge on any atom is -0.460 e. The first-order valence-corrected chi connectivity index (χ1v) is 28.8. The van der Waals surface area contributed by atoms with E-state index in [0.29, 0.717) is 95.5 Å². The summed E-state index contributed by atoms with van der Waals surface area (Å²) >= 11 is 0. The first-order valence-electron chi connectivity index (χ1n) is 28.8. The van der Waals surface area contributed by atoms with Crippen LogP contribution >= 0.6 is 0 Å². The van der Waals surface area contributed by atoms with Gasteiger partial charge in [0.1, 0.15) is 37.6 Å². The summed E-state index contributed by atoms with van der Waals surface area (Å²) in [4.78, 5) is 50.7. The molecule has 4 aliphatic rings. The number of hydrogen-bond donors (Lipinski definition) is 3. The van der Waals surface area contributed by atoms with Crippen LogP contribution in [0.2, 0.25) is 0 Å². The predicted octanol–water partition coefficient (Wildman–Crippen LogP) is 7.11. The van der Waals surface area contributed by atoms with Crippen LogP contribution in [-0.4, -0.2) is 185 Å². The van der Waals surface area contributed by atoms with Crippen LogP contribution in [0.1, 0.15) is 126 Å². The molecule has 18 nitrogen and oxygen atoms in total. The maximum Gasteiger partial charge on any atom is 0.329 e. The average molecular weight is 1120 g/mol. The number of ether oxygens (including phenoxy) is 9. The number of esters is 1. The number of carbonyl (C=O) groups excluding carboxylic acids is 3. The van der Waals surface area contributed by atoms with Gasteiger partial charge in [-0.25, -0.2) is 4.79 Å². The quantitative estimate of drug-likeness (QED) is 0.0311. The molecule has 1 amide bonds. The summed E-state index contributed by atoms with van der Waals surface area (Å²) < 4.78 is 53.1. The molecule has 1 aliphatic carbocycles. The lowest BCUT2D eigenvalue weighted by atomic mass is 9.78. The Balaban J connectivity index is 1.71. The van der Waals surface area contributed by atoms with E-state index in [1.807, 2.05) is 65.0 Å². The molecular formula is C61H98N2O16. The molecule has 0 spiro atoms. The number of methoxy groups -OCH3 is 4. The van der Waals surface area contributed by atoms with E-state index in [1.165, 1.54) is 12.0 Å². The molecule has 0 aromatic carbocycles. The number of nitrogens with zero attached hydrogens (tertiary/aromatic N) is 2. The normalized spacial score (nSPS) is 36.6. The fourth-order valence-electron chi connectivity index (χ4n) is 11.5. The molecule has 448 valence electrons. The van der Waals surface area contributed by atoms with Crippen LogP contribution in [0.5, 0.6) is 0 Å². The molecule has 79 heavy (non-hydrogen) atoms. The Morgan fingerprint density at radius 2 is 1.49 bits per heavy atom. The molecule has 2 saturated heterocycles.